The van der Waals surface area contributed by atoms with Crippen molar-refractivity contribution in [1.82, 2.24) is 24.1 Å². The molecular formula is C31H30N6O2. The number of aromatic nitrogens is 5. The van der Waals surface area contributed by atoms with Gasteiger partial charge in [-0.15, -0.1) is 0 Å². The summed E-state index contributed by atoms with van der Waals surface area (Å²) in [5.74, 6) is 1.88. The largest absolute Gasteiger partial charge is 0.448 e. The molecule has 1 aliphatic carbocycles. The van der Waals surface area contributed by atoms with E-state index in [0.717, 1.165) is 72.2 Å². The van der Waals surface area contributed by atoms with Crippen LogP contribution >= 0.6 is 0 Å². The summed E-state index contributed by atoms with van der Waals surface area (Å²) in [6.07, 6.45) is 10.6. The van der Waals surface area contributed by atoms with E-state index in [2.05, 4.69) is 40.2 Å². The Morgan fingerprint density at radius 1 is 1.08 bits per heavy atom. The fourth-order valence-electron chi connectivity index (χ4n) is 5.96. The third kappa shape index (κ3) is 4.65. The van der Waals surface area contributed by atoms with E-state index in [0.29, 0.717) is 23.7 Å². The highest BCUT2D eigenvalue weighted by Crippen LogP contribution is 2.38. The Kier molecular flexibility index (Phi) is 6.80. The topological polar surface area (TPSA) is 102 Å². The number of oxazole rings is 1. The lowest BCUT2D eigenvalue weighted by atomic mass is 9.84. The number of nitriles is 1. The van der Waals surface area contributed by atoms with Crippen LogP contribution in [0.25, 0.3) is 16.9 Å². The molecule has 8 heteroatoms. The minimum atomic E-state index is 0.0287. The Labute approximate surface area is 226 Å². The van der Waals surface area contributed by atoms with Crippen molar-refractivity contribution in [3.63, 3.8) is 0 Å². The number of hydrogen-bond donors (Lipinski definition) is 0. The van der Waals surface area contributed by atoms with Crippen LogP contribution in [0.2, 0.25) is 0 Å². The Morgan fingerprint density at radius 2 is 1.87 bits per heavy atom. The fraction of sp³-hybridized carbons (Fsp3) is 0.323. The van der Waals surface area contributed by atoms with Crippen molar-refractivity contribution in [2.75, 3.05) is 0 Å². The molecule has 196 valence electrons. The molecule has 2 aromatic carbocycles. The van der Waals surface area contributed by atoms with Gasteiger partial charge in [0.25, 0.3) is 5.56 Å². The maximum absolute atomic E-state index is 14.2. The molecule has 0 saturated heterocycles. The zero-order valence-electron chi connectivity index (χ0n) is 22.0. The van der Waals surface area contributed by atoms with Crippen molar-refractivity contribution < 1.29 is 4.42 Å². The van der Waals surface area contributed by atoms with Gasteiger partial charge in [0.2, 0.25) is 5.78 Å². The minimum absolute atomic E-state index is 0.0287. The summed E-state index contributed by atoms with van der Waals surface area (Å²) in [6, 6.07) is 18.1. The van der Waals surface area contributed by atoms with Crippen molar-refractivity contribution in [2.24, 2.45) is 0 Å². The van der Waals surface area contributed by atoms with Gasteiger partial charge in [-0.05, 0) is 54.9 Å². The molecule has 1 saturated carbocycles. The molecule has 3 heterocycles. The first-order chi connectivity index (χ1) is 19.2. The van der Waals surface area contributed by atoms with E-state index in [9.17, 15) is 10.1 Å². The van der Waals surface area contributed by atoms with Crippen molar-refractivity contribution in [1.29, 1.82) is 5.26 Å². The molecule has 3 aromatic heterocycles. The van der Waals surface area contributed by atoms with Crippen molar-refractivity contribution >= 4 is 5.78 Å². The average Bonchev–Trinajstić information content (AvgIpc) is 3.69. The maximum atomic E-state index is 14.2. The number of benzene rings is 2. The molecule has 0 spiro atoms. The van der Waals surface area contributed by atoms with E-state index in [1.54, 1.807) is 12.5 Å². The maximum Gasteiger partial charge on any atom is 0.259 e. The molecule has 0 unspecified atom stereocenters. The van der Waals surface area contributed by atoms with Gasteiger partial charge in [0.05, 0.1) is 23.5 Å². The Morgan fingerprint density at radius 3 is 2.59 bits per heavy atom. The van der Waals surface area contributed by atoms with E-state index in [1.807, 2.05) is 45.5 Å². The SMILES string of the molecule is CCCc1c(Cc2ccc(-c3ccccc3C#N)cc2)c(=O)n([C@H]2CC[C@H](c3cnco3)CC2)c2ncnn12. The average molecular weight is 519 g/mol. The predicted molar refractivity (Wildman–Crippen MR) is 147 cm³/mol. The summed E-state index contributed by atoms with van der Waals surface area (Å²) in [7, 11) is 0. The molecule has 0 N–H and O–H groups in total. The van der Waals surface area contributed by atoms with E-state index in [-0.39, 0.29) is 11.6 Å². The molecular weight excluding hydrogens is 488 g/mol. The summed E-state index contributed by atoms with van der Waals surface area (Å²) in [6.45, 7) is 2.12. The molecule has 0 amide bonds. The first-order valence-electron chi connectivity index (χ1n) is 13.6. The molecule has 39 heavy (non-hydrogen) atoms. The summed E-state index contributed by atoms with van der Waals surface area (Å²) in [5, 5.41) is 14.1. The number of fused-ring (bicyclic) bond motifs is 1. The number of rotatable bonds is 7. The normalized spacial score (nSPS) is 17.3. The van der Waals surface area contributed by atoms with Crippen molar-refractivity contribution in [3.8, 4) is 17.2 Å². The Hall–Kier alpha value is -4.51. The monoisotopic (exact) mass is 518 g/mol. The number of hydrogen-bond acceptors (Lipinski definition) is 6. The summed E-state index contributed by atoms with van der Waals surface area (Å²) >= 11 is 0. The van der Waals surface area contributed by atoms with Crippen LogP contribution in [0.3, 0.4) is 0 Å². The van der Waals surface area contributed by atoms with E-state index in [4.69, 9.17) is 4.42 Å². The molecule has 1 fully saturated rings. The van der Waals surface area contributed by atoms with Crippen LogP contribution in [0, 0.1) is 11.3 Å². The van der Waals surface area contributed by atoms with Crippen molar-refractivity contribution in [2.45, 2.75) is 63.8 Å². The molecule has 0 atom stereocenters. The van der Waals surface area contributed by atoms with Gasteiger partial charge >= 0.3 is 0 Å². The van der Waals surface area contributed by atoms with Crippen LogP contribution in [0.4, 0.5) is 0 Å². The first-order valence-corrected chi connectivity index (χ1v) is 13.6. The highest BCUT2D eigenvalue weighted by atomic mass is 16.3. The molecule has 0 aliphatic heterocycles. The third-order valence-corrected chi connectivity index (χ3v) is 7.92. The van der Waals surface area contributed by atoms with Crippen LogP contribution in [-0.2, 0) is 12.8 Å². The molecule has 6 rings (SSSR count). The minimum Gasteiger partial charge on any atom is -0.448 e. The van der Waals surface area contributed by atoms with Gasteiger partial charge in [-0.25, -0.2) is 9.50 Å². The van der Waals surface area contributed by atoms with Crippen LogP contribution in [0.15, 0.2) is 76.7 Å². The molecule has 8 nitrogen and oxygen atoms in total. The van der Waals surface area contributed by atoms with E-state index >= 15 is 0 Å². The fourth-order valence-corrected chi connectivity index (χ4v) is 5.96. The van der Waals surface area contributed by atoms with Gasteiger partial charge in [0.15, 0.2) is 6.39 Å². The lowest BCUT2D eigenvalue weighted by Crippen LogP contribution is -2.34. The van der Waals surface area contributed by atoms with Gasteiger partial charge in [-0.2, -0.15) is 15.3 Å². The van der Waals surface area contributed by atoms with Crippen LogP contribution < -0.4 is 5.56 Å². The van der Waals surface area contributed by atoms with Gasteiger partial charge in [-0.1, -0.05) is 55.8 Å². The van der Waals surface area contributed by atoms with Gasteiger partial charge in [0, 0.05) is 23.9 Å². The van der Waals surface area contributed by atoms with Crippen molar-refractivity contribution in [3.05, 3.63) is 106 Å². The zero-order valence-corrected chi connectivity index (χ0v) is 22.0. The Balaban J connectivity index is 1.35. The zero-order chi connectivity index (χ0) is 26.8. The molecule has 5 aromatic rings. The third-order valence-electron chi connectivity index (χ3n) is 7.92. The summed E-state index contributed by atoms with van der Waals surface area (Å²) in [5.41, 5.74) is 5.32. The lowest BCUT2D eigenvalue weighted by Gasteiger charge is -2.29. The predicted octanol–water partition coefficient (Wildman–Crippen LogP) is 5.86. The molecule has 0 bridgehead atoms. The van der Waals surface area contributed by atoms with Crippen LogP contribution in [-0.4, -0.2) is 24.1 Å². The van der Waals surface area contributed by atoms with E-state index < -0.39 is 0 Å². The van der Waals surface area contributed by atoms with Crippen LogP contribution in [0.5, 0.6) is 0 Å². The highest BCUT2D eigenvalue weighted by Gasteiger charge is 2.29. The van der Waals surface area contributed by atoms with Gasteiger partial charge in [-0.3, -0.25) is 9.36 Å². The van der Waals surface area contributed by atoms with Crippen LogP contribution in [0.1, 0.15) is 79.1 Å². The number of aryl methyl sites for hydroxylation is 1. The lowest BCUT2D eigenvalue weighted by molar-refractivity contribution is 0.294. The highest BCUT2D eigenvalue weighted by molar-refractivity contribution is 5.70. The number of nitrogens with zero attached hydrogens (tertiary/aromatic N) is 6. The second kappa shape index (κ2) is 10.7. The smallest absolute Gasteiger partial charge is 0.259 e. The quantitative estimate of drug-likeness (QED) is 0.267. The van der Waals surface area contributed by atoms with E-state index in [1.165, 1.54) is 6.39 Å². The second-order valence-corrected chi connectivity index (χ2v) is 10.3. The summed E-state index contributed by atoms with van der Waals surface area (Å²) < 4.78 is 9.31. The molecule has 0 radical (unpaired) electrons. The second-order valence-electron chi connectivity index (χ2n) is 10.3. The van der Waals surface area contributed by atoms with Gasteiger partial charge in [0.1, 0.15) is 12.1 Å². The van der Waals surface area contributed by atoms with Gasteiger partial charge < -0.3 is 4.42 Å². The standard InChI is InChI=1S/C31H30N6O2/c1-2-5-28-27(16-21-8-10-22(11-9-21)26-7-4-3-6-24(26)17-32)30(38)36(31-34-19-35-37(28)31)25-14-12-23(13-15-25)29-18-33-20-39-29/h3-4,6-11,18-20,23,25H,2,5,12-16H2,1H3/t23-,25-. The summed E-state index contributed by atoms with van der Waals surface area (Å²) in [4.78, 5) is 22.8. The Bertz CT molecular complexity index is 1680. The first kappa shape index (κ1) is 24.8. The molecule has 1 aliphatic rings.